The van der Waals surface area contributed by atoms with Gasteiger partial charge in [-0.1, -0.05) is 44.2 Å². The average Bonchev–Trinajstić information content (AvgIpc) is 2.72. The van der Waals surface area contributed by atoms with E-state index in [2.05, 4.69) is 18.8 Å². The second-order valence-electron chi connectivity index (χ2n) is 8.75. The molecule has 0 N–H and O–H groups in total. The summed E-state index contributed by atoms with van der Waals surface area (Å²) in [4.78, 5) is 31.3. The molecule has 1 aromatic rings. The van der Waals surface area contributed by atoms with Crippen LogP contribution in [0.5, 0.6) is 0 Å². The number of esters is 1. The third kappa shape index (κ3) is 3.75. The summed E-state index contributed by atoms with van der Waals surface area (Å²) in [7, 11) is 0. The van der Waals surface area contributed by atoms with E-state index in [1.807, 2.05) is 35.2 Å². The first-order valence-corrected chi connectivity index (χ1v) is 10.2. The minimum absolute atomic E-state index is 0.100. The number of rotatable bonds is 3. The van der Waals surface area contributed by atoms with Gasteiger partial charge in [0.1, 0.15) is 11.9 Å². The van der Waals surface area contributed by atoms with E-state index in [0.717, 1.165) is 30.7 Å². The number of aliphatic imine (C=N–C) groups is 1. The fraction of sp³-hybridized carbons (Fsp3) is 0.522. The van der Waals surface area contributed by atoms with Crippen molar-refractivity contribution in [2.75, 3.05) is 13.1 Å². The van der Waals surface area contributed by atoms with Crippen molar-refractivity contribution < 1.29 is 14.3 Å². The second kappa shape index (κ2) is 7.53. The van der Waals surface area contributed by atoms with Gasteiger partial charge in [-0.05, 0) is 41.7 Å². The number of amidine groups is 1. The third-order valence-corrected chi connectivity index (χ3v) is 6.76. The van der Waals surface area contributed by atoms with Gasteiger partial charge in [-0.15, -0.1) is 0 Å². The van der Waals surface area contributed by atoms with Gasteiger partial charge in [0.2, 0.25) is 5.91 Å². The lowest BCUT2D eigenvalue weighted by atomic mass is 9.61. The molecule has 1 saturated carbocycles. The maximum absolute atomic E-state index is 12.4. The summed E-state index contributed by atoms with van der Waals surface area (Å²) in [6.45, 7) is 5.87. The fourth-order valence-corrected chi connectivity index (χ4v) is 4.82. The van der Waals surface area contributed by atoms with Crippen molar-refractivity contribution >= 4 is 23.8 Å². The zero-order valence-electron chi connectivity index (χ0n) is 16.6. The highest BCUT2D eigenvalue weighted by Crippen LogP contribution is 2.50. The lowest BCUT2D eigenvalue weighted by molar-refractivity contribution is -0.149. The molecule has 5 heteroatoms. The molecule has 1 saturated heterocycles. The highest BCUT2D eigenvalue weighted by Gasteiger charge is 2.49. The van der Waals surface area contributed by atoms with Crippen molar-refractivity contribution in [2.24, 2.45) is 22.2 Å². The Morgan fingerprint density at radius 3 is 2.75 bits per heavy atom. The number of ether oxygens (including phenoxy) is 1. The van der Waals surface area contributed by atoms with Crippen LogP contribution in [0.4, 0.5) is 0 Å². The van der Waals surface area contributed by atoms with E-state index in [0.29, 0.717) is 31.3 Å². The number of benzene rings is 1. The smallest absolute Gasteiger partial charge is 0.331 e. The average molecular weight is 380 g/mol. The molecule has 3 atom stereocenters. The monoisotopic (exact) mass is 380 g/mol. The molecular formula is C23H28N2O3. The summed E-state index contributed by atoms with van der Waals surface area (Å²) < 4.78 is 5.81. The number of carbonyl (C=O) groups is 2. The van der Waals surface area contributed by atoms with Crippen LogP contribution in [0.25, 0.3) is 6.08 Å². The van der Waals surface area contributed by atoms with Crippen molar-refractivity contribution in [3.63, 3.8) is 0 Å². The largest absolute Gasteiger partial charge is 0.459 e. The van der Waals surface area contributed by atoms with Gasteiger partial charge >= 0.3 is 5.97 Å². The molecule has 3 aliphatic rings. The van der Waals surface area contributed by atoms with E-state index in [9.17, 15) is 9.59 Å². The topological polar surface area (TPSA) is 59.0 Å². The maximum atomic E-state index is 12.4. The molecule has 28 heavy (non-hydrogen) atoms. The molecule has 0 spiro atoms. The molecule has 2 heterocycles. The van der Waals surface area contributed by atoms with Crippen molar-refractivity contribution in [1.82, 2.24) is 4.90 Å². The highest BCUT2D eigenvalue weighted by atomic mass is 16.5. The van der Waals surface area contributed by atoms with E-state index < -0.39 is 0 Å². The number of hydrogen-bond donors (Lipinski definition) is 0. The van der Waals surface area contributed by atoms with Gasteiger partial charge in [-0.3, -0.25) is 9.79 Å². The highest BCUT2D eigenvalue weighted by molar-refractivity contribution is 6.00. The van der Waals surface area contributed by atoms with Crippen molar-refractivity contribution in [3.8, 4) is 0 Å². The SMILES string of the molecule is CC1(C)[C@@H]2CC3=NCCC(=O)N3C[C@H]1C[C@@H](OC(=O)/C=C/c1ccccc1)C2. The van der Waals surface area contributed by atoms with Crippen LogP contribution in [0.15, 0.2) is 41.4 Å². The molecule has 4 rings (SSSR count). The summed E-state index contributed by atoms with van der Waals surface area (Å²) in [6, 6.07) is 9.74. The summed E-state index contributed by atoms with van der Waals surface area (Å²) >= 11 is 0. The number of fused-ring (bicyclic) bond motifs is 3. The van der Waals surface area contributed by atoms with E-state index in [-0.39, 0.29) is 23.4 Å². The predicted octanol–water partition coefficient (Wildman–Crippen LogP) is 3.70. The van der Waals surface area contributed by atoms with Crippen LogP contribution in [-0.2, 0) is 14.3 Å². The standard InChI is InChI=1S/C23H28N2O3/c1-23(2)17-12-19(28-22(27)9-8-16-6-4-3-5-7-16)13-18(23)15-25-20(14-17)24-11-10-21(25)26/h3-9,17-19H,10-15H2,1-2H3/b9-8+/t17-,18+,19-/m0/s1. The Labute approximate surface area is 166 Å². The Hall–Kier alpha value is -2.43. The zero-order chi connectivity index (χ0) is 19.7. The van der Waals surface area contributed by atoms with Crippen molar-refractivity contribution in [3.05, 3.63) is 42.0 Å². The lowest BCUT2D eigenvalue weighted by Gasteiger charge is -2.46. The van der Waals surface area contributed by atoms with Gasteiger partial charge in [0.15, 0.2) is 0 Å². The molecule has 2 bridgehead atoms. The molecule has 2 fully saturated rings. The summed E-state index contributed by atoms with van der Waals surface area (Å²) in [5.74, 6) is 1.49. The van der Waals surface area contributed by atoms with E-state index >= 15 is 0 Å². The number of nitrogens with zero attached hydrogens (tertiary/aromatic N) is 2. The molecule has 0 aromatic heterocycles. The molecule has 1 aliphatic carbocycles. The van der Waals surface area contributed by atoms with Gasteiger partial charge in [-0.25, -0.2) is 4.79 Å². The van der Waals surface area contributed by atoms with Gasteiger partial charge in [-0.2, -0.15) is 0 Å². The first-order chi connectivity index (χ1) is 13.4. The lowest BCUT2D eigenvalue weighted by Crippen LogP contribution is -2.46. The van der Waals surface area contributed by atoms with Crippen molar-refractivity contribution in [1.29, 1.82) is 0 Å². The quantitative estimate of drug-likeness (QED) is 0.593. The molecule has 0 radical (unpaired) electrons. The van der Waals surface area contributed by atoms with E-state index in [1.165, 1.54) is 6.08 Å². The number of carbonyl (C=O) groups excluding carboxylic acids is 2. The van der Waals surface area contributed by atoms with E-state index in [4.69, 9.17) is 4.74 Å². The van der Waals surface area contributed by atoms with Gasteiger partial charge < -0.3 is 9.64 Å². The van der Waals surface area contributed by atoms with Crippen LogP contribution in [0, 0.1) is 17.3 Å². The van der Waals surface area contributed by atoms with Crippen molar-refractivity contribution in [2.45, 2.75) is 45.6 Å². The van der Waals surface area contributed by atoms with Gasteiger partial charge in [0.25, 0.3) is 0 Å². The van der Waals surface area contributed by atoms with Crippen LogP contribution in [0.2, 0.25) is 0 Å². The third-order valence-electron chi connectivity index (χ3n) is 6.76. The van der Waals surface area contributed by atoms with Crippen LogP contribution in [0.3, 0.4) is 0 Å². The molecular weight excluding hydrogens is 352 g/mol. The number of hydrogen-bond acceptors (Lipinski definition) is 4. The Morgan fingerprint density at radius 2 is 1.96 bits per heavy atom. The molecule has 1 aromatic carbocycles. The second-order valence-corrected chi connectivity index (χ2v) is 8.75. The summed E-state index contributed by atoms with van der Waals surface area (Å²) in [6.07, 6.45) is 6.12. The summed E-state index contributed by atoms with van der Waals surface area (Å²) in [5, 5.41) is 0. The van der Waals surface area contributed by atoms with Crippen LogP contribution >= 0.6 is 0 Å². The molecule has 148 valence electrons. The Balaban J connectivity index is 1.46. The van der Waals surface area contributed by atoms with Crippen LogP contribution in [0.1, 0.15) is 45.1 Å². The molecule has 2 aliphatic heterocycles. The Kier molecular flexibility index (Phi) is 5.09. The first kappa shape index (κ1) is 18.9. The minimum atomic E-state index is -0.295. The Bertz CT molecular complexity index is 812. The Morgan fingerprint density at radius 1 is 1.21 bits per heavy atom. The van der Waals surface area contributed by atoms with Gasteiger partial charge in [0.05, 0.1) is 0 Å². The van der Waals surface area contributed by atoms with Crippen LogP contribution in [-0.4, -0.2) is 41.8 Å². The molecule has 0 unspecified atom stereocenters. The van der Waals surface area contributed by atoms with E-state index in [1.54, 1.807) is 6.08 Å². The van der Waals surface area contributed by atoms with Crippen LogP contribution < -0.4 is 0 Å². The minimum Gasteiger partial charge on any atom is -0.459 e. The predicted molar refractivity (Wildman–Crippen MR) is 109 cm³/mol. The van der Waals surface area contributed by atoms with Gasteiger partial charge in [0, 0.05) is 32.0 Å². The molecule has 5 nitrogen and oxygen atoms in total. The maximum Gasteiger partial charge on any atom is 0.331 e. The number of amides is 1. The first-order valence-electron chi connectivity index (χ1n) is 10.2. The zero-order valence-corrected chi connectivity index (χ0v) is 16.6. The normalized spacial score (nSPS) is 29.1. The summed E-state index contributed by atoms with van der Waals surface area (Å²) in [5.41, 5.74) is 1.08. The fourth-order valence-electron chi connectivity index (χ4n) is 4.82. The molecule has 1 amide bonds.